The van der Waals surface area contributed by atoms with Crippen molar-refractivity contribution in [1.29, 1.82) is 0 Å². The van der Waals surface area contributed by atoms with E-state index in [9.17, 15) is 24.3 Å². The van der Waals surface area contributed by atoms with Crippen LogP contribution in [-0.4, -0.2) is 52.9 Å². The fraction of sp³-hybridized carbons (Fsp3) is 0.429. The van der Waals surface area contributed by atoms with Crippen LogP contribution < -0.4 is 5.32 Å². The molecule has 8 nitrogen and oxygen atoms in total. The number of allylic oxidation sites excluding steroid dienone is 2. The van der Waals surface area contributed by atoms with Gasteiger partial charge in [0.1, 0.15) is 17.8 Å². The van der Waals surface area contributed by atoms with Crippen LogP contribution in [0.1, 0.15) is 25.3 Å². The van der Waals surface area contributed by atoms with Crippen molar-refractivity contribution in [3.8, 4) is 5.75 Å². The van der Waals surface area contributed by atoms with Crippen LogP contribution in [0.5, 0.6) is 5.75 Å². The second-order valence-corrected chi connectivity index (χ2v) is 7.33. The molecule has 1 aliphatic heterocycles. The van der Waals surface area contributed by atoms with Gasteiger partial charge in [-0.3, -0.25) is 19.3 Å². The molecule has 1 fully saturated rings. The van der Waals surface area contributed by atoms with E-state index in [1.165, 1.54) is 26.2 Å². The molecular weight excluding hydrogens is 376 g/mol. The third-order valence-corrected chi connectivity index (χ3v) is 5.49. The molecule has 4 unspecified atom stereocenters. The number of ether oxygens (including phenoxy) is 1. The fourth-order valence-electron chi connectivity index (χ4n) is 3.82. The molecule has 2 aliphatic rings. The van der Waals surface area contributed by atoms with Gasteiger partial charge in [0, 0.05) is 6.42 Å². The van der Waals surface area contributed by atoms with Gasteiger partial charge in [-0.1, -0.05) is 24.3 Å². The average Bonchev–Trinajstić information content (AvgIpc) is 2.98. The van der Waals surface area contributed by atoms with Crippen LogP contribution in [0.25, 0.3) is 0 Å². The molecule has 0 aromatic heterocycles. The molecule has 1 heterocycles. The summed E-state index contributed by atoms with van der Waals surface area (Å²) in [6, 6.07) is 4.19. The van der Waals surface area contributed by atoms with Crippen molar-refractivity contribution in [3.63, 3.8) is 0 Å². The summed E-state index contributed by atoms with van der Waals surface area (Å²) < 4.78 is 4.78. The molecule has 2 N–H and O–H groups in total. The highest BCUT2D eigenvalue weighted by molar-refractivity contribution is 6.08. The zero-order valence-corrected chi connectivity index (χ0v) is 16.3. The molecule has 1 saturated heterocycles. The fourth-order valence-corrected chi connectivity index (χ4v) is 3.82. The summed E-state index contributed by atoms with van der Waals surface area (Å²) in [7, 11) is 1.22. The molecule has 0 bridgehead atoms. The van der Waals surface area contributed by atoms with E-state index < -0.39 is 35.8 Å². The third kappa shape index (κ3) is 4.16. The lowest BCUT2D eigenvalue weighted by molar-refractivity contribution is -0.149. The van der Waals surface area contributed by atoms with Crippen molar-refractivity contribution < 1.29 is 29.0 Å². The number of fused-ring (bicyclic) bond motifs is 1. The number of hydrogen-bond donors (Lipinski definition) is 2. The molecule has 0 radical (unpaired) electrons. The van der Waals surface area contributed by atoms with Crippen molar-refractivity contribution >= 4 is 23.7 Å². The van der Waals surface area contributed by atoms with E-state index >= 15 is 0 Å². The minimum absolute atomic E-state index is 0.0861. The summed E-state index contributed by atoms with van der Waals surface area (Å²) >= 11 is 0. The highest BCUT2D eigenvalue weighted by Gasteiger charge is 2.50. The minimum Gasteiger partial charge on any atom is -0.508 e. The van der Waals surface area contributed by atoms with Gasteiger partial charge in [-0.25, -0.2) is 4.79 Å². The number of phenols is 1. The van der Waals surface area contributed by atoms with Crippen molar-refractivity contribution in [3.05, 3.63) is 42.0 Å². The monoisotopic (exact) mass is 400 g/mol. The number of esters is 1. The number of methoxy groups -OCH3 is 1. The zero-order chi connectivity index (χ0) is 21.1. The van der Waals surface area contributed by atoms with E-state index in [-0.39, 0.29) is 24.0 Å². The Kier molecular flexibility index (Phi) is 6.00. The van der Waals surface area contributed by atoms with Gasteiger partial charge in [-0.15, -0.1) is 0 Å². The summed E-state index contributed by atoms with van der Waals surface area (Å²) in [5.41, 5.74) is 0.705. The maximum Gasteiger partial charge on any atom is 0.328 e. The van der Waals surface area contributed by atoms with Gasteiger partial charge in [-0.05, 0) is 37.5 Å². The van der Waals surface area contributed by atoms with Crippen LogP contribution in [0.15, 0.2) is 36.4 Å². The molecule has 4 atom stereocenters. The number of nitrogens with zero attached hydrogens (tertiary/aromatic N) is 1. The average molecular weight is 400 g/mol. The topological polar surface area (TPSA) is 113 Å². The highest BCUT2D eigenvalue weighted by Crippen LogP contribution is 2.36. The van der Waals surface area contributed by atoms with Crippen molar-refractivity contribution in [1.82, 2.24) is 10.2 Å². The van der Waals surface area contributed by atoms with Gasteiger partial charge in [-0.2, -0.15) is 0 Å². The largest absolute Gasteiger partial charge is 0.508 e. The lowest BCUT2D eigenvalue weighted by Gasteiger charge is -2.25. The van der Waals surface area contributed by atoms with Gasteiger partial charge in [0.2, 0.25) is 17.7 Å². The Morgan fingerprint density at radius 2 is 1.69 bits per heavy atom. The number of carbonyl (C=O) groups is 4. The number of rotatable bonds is 6. The lowest BCUT2D eigenvalue weighted by Crippen LogP contribution is -2.53. The first-order valence-electron chi connectivity index (χ1n) is 9.51. The molecule has 1 aromatic rings. The molecule has 29 heavy (non-hydrogen) atoms. The smallest absolute Gasteiger partial charge is 0.328 e. The summed E-state index contributed by atoms with van der Waals surface area (Å²) in [6.07, 6.45) is 4.89. The molecule has 154 valence electrons. The maximum atomic E-state index is 12.8. The van der Waals surface area contributed by atoms with Crippen LogP contribution in [0, 0.1) is 11.8 Å². The molecular formula is C21H24N2O6. The minimum atomic E-state index is -1.03. The number of amides is 3. The van der Waals surface area contributed by atoms with E-state index in [2.05, 4.69) is 5.32 Å². The van der Waals surface area contributed by atoms with Gasteiger partial charge in [0.05, 0.1) is 18.9 Å². The van der Waals surface area contributed by atoms with E-state index in [4.69, 9.17) is 4.74 Å². The number of imide groups is 1. The van der Waals surface area contributed by atoms with Crippen molar-refractivity contribution in [2.45, 2.75) is 38.3 Å². The number of hydrogen-bond acceptors (Lipinski definition) is 6. The number of benzene rings is 1. The van der Waals surface area contributed by atoms with Crippen molar-refractivity contribution in [2.75, 3.05) is 7.11 Å². The first-order chi connectivity index (χ1) is 13.8. The molecule has 3 amide bonds. The summed E-state index contributed by atoms with van der Waals surface area (Å²) in [5, 5.41) is 12.0. The van der Waals surface area contributed by atoms with Crippen LogP contribution >= 0.6 is 0 Å². The molecule has 3 rings (SSSR count). The molecule has 0 saturated carbocycles. The quantitative estimate of drug-likeness (QED) is 0.417. The maximum absolute atomic E-state index is 12.8. The first-order valence-corrected chi connectivity index (χ1v) is 9.51. The first kappa shape index (κ1) is 20.6. The normalized spacial score (nSPS) is 22.8. The number of phenolic OH excluding ortho intramolecular Hbond substituents is 1. The van der Waals surface area contributed by atoms with Gasteiger partial charge < -0.3 is 15.2 Å². The van der Waals surface area contributed by atoms with E-state index in [1.54, 1.807) is 12.1 Å². The Morgan fingerprint density at radius 1 is 1.14 bits per heavy atom. The Labute approximate surface area is 168 Å². The molecule has 1 aliphatic carbocycles. The number of likely N-dealkylation sites (tertiary alicyclic amines) is 1. The highest BCUT2D eigenvalue weighted by atomic mass is 16.5. The predicted molar refractivity (Wildman–Crippen MR) is 102 cm³/mol. The van der Waals surface area contributed by atoms with Crippen molar-refractivity contribution in [2.24, 2.45) is 11.8 Å². The third-order valence-electron chi connectivity index (χ3n) is 5.49. The van der Waals surface area contributed by atoms with Crippen LogP contribution in [-0.2, 0) is 30.3 Å². The summed E-state index contributed by atoms with van der Waals surface area (Å²) in [4.78, 5) is 51.3. The number of carbonyl (C=O) groups excluding carboxylic acids is 4. The lowest BCUT2D eigenvalue weighted by atomic mass is 9.85. The number of nitrogens with one attached hydrogen (secondary N) is 1. The Hall–Kier alpha value is -3.16. The van der Waals surface area contributed by atoms with Crippen LogP contribution in [0.3, 0.4) is 0 Å². The number of aromatic hydroxyl groups is 1. The Morgan fingerprint density at radius 3 is 2.21 bits per heavy atom. The standard InChI is InChI=1S/C21H24N2O6/c1-12(23-19(26)15-5-3-4-6-16(15)20(23)27)18(25)22-17(21(28)29-2)11-13-7-9-14(24)10-8-13/h3-4,7-10,12,15-17,24H,5-6,11H2,1-2H3,(H,22,25). The van der Waals surface area contributed by atoms with E-state index in [0.717, 1.165) is 4.90 Å². The molecule has 8 heteroatoms. The zero-order valence-electron chi connectivity index (χ0n) is 16.3. The summed E-state index contributed by atoms with van der Waals surface area (Å²) in [6.45, 7) is 1.48. The van der Waals surface area contributed by atoms with E-state index in [1.807, 2.05) is 12.2 Å². The summed E-state index contributed by atoms with van der Waals surface area (Å²) in [5.74, 6) is -2.70. The Balaban J connectivity index is 1.71. The second kappa shape index (κ2) is 8.46. The van der Waals surface area contributed by atoms with Gasteiger partial charge in [0.25, 0.3) is 0 Å². The second-order valence-electron chi connectivity index (χ2n) is 7.33. The molecule has 1 aromatic carbocycles. The van der Waals surface area contributed by atoms with E-state index in [0.29, 0.717) is 18.4 Å². The Bertz CT molecular complexity index is 821. The van der Waals surface area contributed by atoms with Crippen LogP contribution in [0.4, 0.5) is 0 Å². The SMILES string of the molecule is COC(=O)C(Cc1ccc(O)cc1)NC(=O)C(C)N1C(=O)C2CC=CCC2C1=O. The predicted octanol–water partition coefficient (Wildman–Crippen LogP) is 0.932. The van der Waals surface area contributed by atoms with Gasteiger partial charge in [0.15, 0.2) is 0 Å². The van der Waals surface area contributed by atoms with Gasteiger partial charge >= 0.3 is 5.97 Å². The molecule has 0 spiro atoms. The van der Waals surface area contributed by atoms with Crippen LogP contribution in [0.2, 0.25) is 0 Å².